The van der Waals surface area contributed by atoms with Crippen LogP contribution in [0.15, 0.2) is 6.07 Å². The number of hydrogen-bond donors (Lipinski definition) is 2. The van der Waals surface area contributed by atoms with Gasteiger partial charge in [-0.3, -0.25) is 0 Å². The van der Waals surface area contributed by atoms with Gasteiger partial charge in [-0.2, -0.15) is 0 Å². The number of anilines is 2. The van der Waals surface area contributed by atoms with Crippen molar-refractivity contribution in [3.63, 3.8) is 0 Å². The van der Waals surface area contributed by atoms with Crippen LogP contribution in [-0.2, 0) is 6.42 Å². The number of rotatable bonds is 3. The summed E-state index contributed by atoms with van der Waals surface area (Å²) in [7, 11) is 0. The second-order valence-electron chi connectivity index (χ2n) is 8.91. The SMILES string of the molecule is Cc1c(N2CC(N)C3(CC3)C2)c(F)cc2c1N(C1CC1F)CC(CO)C2. The third-order valence-corrected chi connectivity index (χ3v) is 7.05. The molecule has 5 rings (SSSR count). The summed E-state index contributed by atoms with van der Waals surface area (Å²) >= 11 is 0. The summed E-state index contributed by atoms with van der Waals surface area (Å²) in [4.78, 5) is 4.20. The van der Waals surface area contributed by atoms with Gasteiger partial charge in [-0.25, -0.2) is 8.78 Å². The van der Waals surface area contributed by atoms with Crippen LogP contribution in [0.25, 0.3) is 0 Å². The molecule has 2 heterocycles. The van der Waals surface area contributed by atoms with Gasteiger partial charge in [0.25, 0.3) is 0 Å². The van der Waals surface area contributed by atoms with Crippen molar-refractivity contribution in [2.75, 3.05) is 36.0 Å². The van der Waals surface area contributed by atoms with Crippen LogP contribution in [0.5, 0.6) is 0 Å². The zero-order valence-electron chi connectivity index (χ0n) is 15.2. The highest BCUT2D eigenvalue weighted by molar-refractivity contribution is 5.74. The van der Waals surface area contributed by atoms with E-state index in [4.69, 9.17) is 5.73 Å². The molecule has 6 heteroatoms. The number of halogens is 2. The third-order valence-electron chi connectivity index (χ3n) is 7.05. The maximum absolute atomic E-state index is 15.1. The fourth-order valence-corrected chi connectivity index (χ4v) is 5.26. The first-order valence-corrected chi connectivity index (χ1v) is 9.77. The van der Waals surface area contributed by atoms with Crippen molar-refractivity contribution in [2.24, 2.45) is 17.1 Å². The smallest absolute Gasteiger partial charge is 0.147 e. The zero-order valence-corrected chi connectivity index (χ0v) is 15.2. The lowest BCUT2D eigenvalue weighted by molar-refractivity contribution is 0.222. The van der Waals surface area contributed by atoms with Crippen molar-refractivity contribution in [3.05, 3.63) is 23.0 Å². The van der Waals surface area contributed by atoms with Crippen molar-refractivity contribution in [1.82, 2.24) is 0 Å². The first kappa shape index (κ1) is 16.8. The Kier molecular flexibility index (Phi) is 3.58. The number of alkyl halides is 1. The van der Waals surface area contributed by atoms with E-state index < -0.39 is 6.17 Å². The lowest BCUT2D eigenvalue weighted by Gasteiger charge is -2.38. The molecule has 3 fully saturated rings. The fraction of sp³-hybridized carbons (Fsp3) is 0.700. The number of nitrogens with two attached hydrogens (primary N) is 1. The Balaban J connectivity index is 1.56. The average Bonchev–Trinajstić information content (AvgIpc) is 3.49. The lowest BCUT2D eigenvalue weighted by Crippen LogP contribution is -2.40. The maximum Gasteiger partial charge on any atom is 0.147 e. The van der Waals surface area contributed by atoms with Gasteiger partial charge in [-0.1, -0.05) is 0 Å². The van der Waals surface area contributed by atoms with Gasteiger partial charge in [0.2, 0.25) is 0 Å². The second kappa shape index (κ2) is 5.55. The van der Waals surface area contributed by atoms with Gasteiger partial charge in [0.1, 0.15) is 12.0 Å². The largest absolute Gasteiger partial charge is 0.396 e. The molecule has 0 aromatic heterocycles. The molecule has 0 bridgehead atoms. The molecular formula is C20H27F2N3O. The normalized spacial score (nSPS) is 34.3. The fourth-order valence-electron chi connectivity index (χ4n) is 5.26. The van der Waals surface area contributed by atoms with Crippen LogP contribution in [0, 0.1) is 24.1 Å². The zero-order chi connectivity index (χ0) is 18.2. The van der Waals surface area contributed by atoms with E-state index in [0.29, 0.717) is 31.6 Å². The highest BCUT2D eigenvalue weighted by Gasteiger charge is 2.54. The van der Waals surface area contributed by atoms with E-state index in [2.05, 4.69) is 9.80 Å². The van der Waals surface area contributed by atoms with Gasteiger partial charge >= 0.3 is 0 Å². The summed E-state index contributed by atoms with van der Waals surface area (Å²) in [6.07, 6.45) is 2.62. The monoisotopic (exact) mass is 363 g/mol. The van der Waals surface area contributed by atoms with Crippen LogP contribution in [0.1, 0.15) is 30.4 Å². The summed E-state index contributed by atoms with van der Waals surface area (Å²) in [5.74, 6) is -0.174. The summed E-state index contributed by atoms with van der Waals surface area (Å²) in [5.41, 5.74) is 9.94. The standard InChI is InChI=1S/C20H27F2N3O/c1-11-18-13(4-12(9-26)7-25(18)16-6-14(16)21)5-15(22)19(11)24-8-17(23)20(10-24)2-3-20/h5,12,14,16-17,26H,2-4,6-10,23H2,1H3. The van der Waals surface area contributed by atoms with Gasteiger partial charge in [0.15, 0.2) is 0 Å². The lowest BCUT2D eigenvalue weighted by atomic mass is 9.89. The molecule has 4 unspecified atom stereocenters. The van der Waals surface area contributed by atoms with Crippen molar-refractivity contribution in [1.29, 1.82) is 0 Å². The number of fused-ring (bicyclic) bond motifs is 1. The minimum Gasteiger partial charge on any atom is -0.396 e. The average molecular weight is 363 g/mol. The highest BCUT2D eigenvalue weighted by atomic mass is 19.1. The van der Waals surface area contributed by atoms with Crippen LogP contribution in [-0.4, -0.2) is 49.6 Å². The summed E-state index contributed by atoms with van der Waals surface area (Å²) in [6.45, 7) is 4.15. The van der Waals surface area contributed by atoms with E-state index in [0.717, 1.165) is 36.2 Å². The Morgan fingerprint density at radius 3 is 2.62 bits per heavy atom. The van der Waals surface area contributed by atoms with E-state index in [9.17, 15) is 9.50 Å². The van der Waals surface area contributed by atoms with Crippen molar-refractivity contribution in [3.8, 4) is 0 Å². The van der Waals surface area contributed by atoms with E-state index in [-0.39, 0.29) is 35.8 Å². The van der Waals surface area contributed by atoms with Crippen LogP contribution >= 0.6 is 0 Å². The molecule has 2 aliphatic carbocycles. The van der Waals surface area contributed by atoms with Crippen LogP contribution in [0.2, 0.25) is 0 Å². The molecule has 2 aliphatic heterocycles. The first-order valence-electron chi connectivity index (χ1n) is 9.77. The van der Waals surface area contributed by atoms with Gasteiger partial charge in [-0.15, -0.1) is 0 Å². The van der Waals surface area contributed by atoms with E-state index in [1.807, 2.05) is 6.92 Å². The van der Waals surface area contributed by atoms with E-state index in [1.165, 1.54) is 0 Å². The molecular weight excluding hydrogens is 336 g/mol. The molecule has 26 heavy (non-hydrogen) atoms. The predicted octanol–water partition coefficient (Wildman–Crippen LogP) is 2.14. The van der Waals surface area contributed by atoms with Crippen molar-refractivity contribution < 1.29 is 13.9 Å². The number of aliphatic hydroxyl groups excluding tert-OH is 1. The first-order chi connectivity index (χ1) is 12.4. The number of aliphatic hydroxyl groups is 1. The van der Waals surface area contributed by atoms with E-state index >= 15 is 4.39 Å². The molecule has 4 nitrogen and oxygen atoms in total. The Hall–Kier alpha value is -1.40. The molecule has 0 amide bonds. The minimum atomic E-state index is -0.817. The Bertz CT molecular complexity index is 751. The molecule has 2 saturated carbocycles. The Labute approximate surface area is 153 Å². The minimum absolute atomic E-state index is 0.0369. The highest BCUT2D eigenvalue weighted by Crippen LogP contribution is 2.54. The molecule has 1 spiro atoms. The molecule has 1 aromatic carbocycles. The van der Waals surface area contributed by atoms with Gasteiger partial charge in [-0.05, 0) is 43.4 Å². The quantitative estimate of drug-likeness (QED) is 0.864. The topological polar surface area (TPSA) is 52.7 Å². The molecule has 0 radical (unpaired) electrons. The second-order valence-corrected chi connectivity index (χ2v) is 8.91. The van der Waals surface area contributed by atoms with Gasteiger partial charge < -0.3 is 20.6 Å². The van der Waals surface area contributed by atoms with Crippen LogP contribution in [0.3, 0.4) is 0 Å². The molecule has 3 N–H and O–H groups in total. The summed E-state index contributed by atoms with van der Waals surface area (Å²) < 4.78 is 29.0. The van der Waals surface area contributed by atoms with Crippen LogP contribution in [0.4, 0.5) is 20.2 Å². The number of hydrogen-bond acceptors (Lipinski definition) is 4. The van der Waals surface area contributed by atoms with Crippen LogP contribution < -0.4 is 15.5 Å². The maximum atomic E-state index is 15.1. The summed E-state index contributed by atoms with van der Waals surface area (Å²) in [5, 5.41) is 9.63. The third kappa shape index (κ3) is 2.38. The van der Waals surface area contributed by atoms with Crippen molar-refractivity contribution in [2.45, 2.75) is 50.9 Å². The molecule has 142 valence electrons. The molecule has 1 aromatic rings. The Morgan fingerprint density at radius 1 is 1.31 bits per heavy atom. The number of benzene rings is 1. The summed E-state index contributed by atoms with van der Waals surface area (Å²) in [6, 6.07) is 1.59. The molecule has 4 atom stereocenters. The van der Waals surface area contributed by atoms with Gasteiger partial charge in [0, 0.05) is 55.7 Å². The predicted molar refractivity (Wildman–Crippen MR) is 97.9 cm³/mol. The Morgan fingerprint density at radius 2 is 2.04 bits per heavy atom. The number of nitrogens with zero attached hydrogens (tertiary/aromatic N) is 2. The molecule has 1 saturated heterocycles. The van der Waals surface area contributed by atoms with Gasteiger partial charge in [0.05, 0.1) is 11.7 Å². The molecule has 4 aliphatic rings. The van der Waals surface area contributed by atoms with E-state index in [1.54, 1.807) is 6.07 Å². The van der Waals surface area contributed by atoms with Crippen molar-refractivity contribution >= 4 is 11.4 Å².